The average Bonchev–Trinajstić information content (AvgIpc) is 2.47. The molecular weight excluding hydrogens is 254 g/mol. The summed E-state index contributed by atoms with van der Waals surface area (Å²) in [5.74, 6) is -0.434. The predicted molar refractivity (Wildman–Crippen MR) is 76.6 cm³/mol. The SMILES string of the molecule is NC(=O)CN(Cc1ccccc1)C(=O)C1CCNCC1. The van der Waals surface area contributed by atoms with E-state index in [1.54, 1.807) is 4.90 Å². The van der Waals surface area contributed by atoms with E-state index in [0.717, 1.165) is 31.5 Å². The molecule has 2 rings (SSSR count). The molecule has 1 aliphatic rings. The zero-order valence-corrected chi connectivity index (χ0v) is 11.5. The number of piperidine rings is 1. The van der Waals surface area contributed by atoms with Crippen LogP contribution in [0, 0.1) is 5.92 Å². The second kappa shape index (κ2) is 7.05. The Morgan fingerprint density at radius 1 is 1.20 bits per heavy atom. The number of hydrogen-bond acceptors (Lipinski definition) is 3. The van der Waals surface area contributed by atoms with Crippen molar-refractivity contribution in [1.82, 2.24) is 10.2 Å². The number of benzene rings is 1. The Labute approximate surface area is 119 Å². The normalized spacial score (nSPS) is 15.8. The van der Waals surface area contributed by atoms with Gasteiger partial charge < -0.3 is 16.0 Å². The molecule has 1 heterocycles. The lowest BCUT2D eigenvalue weighted by atomic mass is 9.96. The van der Waals surface area contributed by atoms with E-state index in [0.29, 0.717) is 6.54 Å². The molecule has 0 radical (unpaired) electrons. The van der Waals surface area contributed by atoms with E-state index in [1.165, 1.54) is 0 Å². The average molecular weight is 275 g/mol. The monoisotopic (exact) mass is 275 g/mol. The van der Waals surface area contributed by atoms with Gasteiger partial charge in [-0.15, -0.1) is 0 Å². The number of nitrogens with two attached hydrogens (primary N) is 1. The van der Waals surface area contributed by atoms with Crippen LogP contribution in [-0.4, -0.2) is 36.3 Å². The zero-order chi connectivity index (χ0) is 14.4. The molecule has 5 heteroatoms. The maximum atomic E-state index is 12.5. The number of amides is 2. The maximum absolute atomic E-state index is 12.5. The molecule has 0 spiro atoms. The van der Waals surface area contributed by atoms with Crippen molar-refractivity contribution in [3.63, 3.8) is 0 Å². The highest BCUT2D eigenvalue weighted by Crippen LogP contribution is 2.17. The van der Waals surface area contributed by atoms with Crippen molar-refractivity contribution in [3.8, 4) is 0 Å². The van der Waals surface area contributed by atoms with Gasteiger partial charge in [0.05, 0.1) is 6.54 Å². The van der Waals surface area contributed by atoms with Crippen LogP contribution >= 0.6 is 0 Å². The third kappa shape index (κ3) is 4.06. The van der Waals surface area contributed by atoms with Crippen molar-refractivity contribution in [3.05, 3.63) is 35.9 Å². The number of rotatable bonds is 5. The van der Waals surface area contributed by atoms with Crippen LogP contribution in [0.2, 0.25) is 0 Å². The van der Waals surface area contributed by atoms with Crippen LogP contribution in [0.5, 0.6) is 0 Å². The summed E-state index contributed by atoms with van der Waals surface area (Å²) < 4.78 is 0. The number of carbonyl (C=O) groups excluding carboxylic acids is 2. The molecule has 0 aliphatic carbocycles. The second-order valence-electron chi connectivity index (χ2n) is 5.17. The Balaban J connectivity index is 2.05. The summed E-state index contributed by atoms with van der Waals surface area (Å²) in [6.07, 6.45) is 1.64. The summed E-state index contributed by atoms with van der Waals surface area (Å²) >= 11 is 0. The molecule has 0 saturated carbocycles. The molecule has 2 amide bonds. The van der Waals surface area contributed by atoms with Crippen molar-refractivity contribution < 1.29 is 9.59 Å². The van der Waals surface area contributed by atoms with E-state index in [9.17, 15) is 9.59 Å². The zero-order valence-electron chi connectivity index (χ0n) is 11.5. The Morgan fingerprint density at radius 3 is 2.45 bits per heavy atom. The third-order valence-corrected chi connectivity index (χ3v) is 3.56. The van der Waals surface area contributed by atoms with Crippen LogP contribution in [0.15, 0.2) is 30.3 Å². The molecule has 1 aromatic rings. The molecule has 3 N–H and O–H groups in total. The first-order valence-electron chi connectivity index (χ1n) is 6.98. The van der Waals surface area contributed by atoms with Crippen molar-refractivity contribution in [1.29, 1.82) is 0 Å². The van der Waals surface area contributed by atoms with Crippen molar-refractivity contribution in [2.75, 3.05) is 19.6 Å². The lowest BCUT2D eigenvalue weighted by molar-refractivity contribution is -0.140. The van der Waals surface area contributed by atoms with Gasteiger partial charge in [0.15, 0.2) is 0 Å². The van der Waals surface area contributed by atoms with Gasteiger partial charge in [0.1, 0.15) is 0 Å². The lowest BCUT2D eigenvalue weighted by Crippen LogP contribution is -2.44. The largest absolute Gasteiger partial charge is 0.368 e. The minimum absolute atomic E-state index is 0.000637. The van der Waals surface area contributed by atoms with E-state index in [-0.39, 0.29) is 18.4 Å². The molecule has 0 atom stereocenters. The Kier molecular flexibility index (Phi) is 5.12. The summed E-state index contributed by atoms with van der Waals surface area (Å²) in [5.41, 5.74) is 6.28. The number of nitrogens with one attached hydrogen (secondary N) is 1. The highest BCUT2D eigenvalue weighted by molar-refractivity contribution is 5.85. The van der Waals surface area contributed by atoms with Crippen molar-refractivity contribution in [2.24, 2.45) is 11.7 Å². The highest BCUT2D eigenvalue weighted by Gasteiger charge is 2.26. The lowest BCUT2D eigenvalue weighted by Gasteiger charge is -2.29. The maximum Gasteiger partial charge on any atom is 0.237 e. The molecular formula is C15H21N3O2. The fourth-order valence-corrected chi connectivity index (χ4v) is 2.53. The van der Waals surface area contributed by atoms with Gasteiger partial charge in [-0.05, 0) is 31.5 Å². The van der Waals surface area contributed by atoms with Gasteiger partial charge in [-0.2, -0.15) is 0 Å². The summed E-state index contributed by atoms with van der Waals surface area (Å²) in [6.45, 7) is 2.13. The van der Waals surface area contributed by atoms with Crippen LogP contribution in [0.25, 0.3) is 0 Å². The van der Waals surface area contributed by atoms with Gasteiger partial charge >= 0.3 is 0 Å². The number of primary amides is 1. The summed E-state index contributed by atoms with van der Waals surface area (Å²) in [6, 6.07) is 9.67. The standard InChI is InChI=1S/C15H21N3O2/c16-14(19)11-18(10-12-4-2-1-3-5-12)15(20)13-6-8-17-9-7-13/h1-5,13,17H,6-11H2,(H2,16,19). The number of nitrogens with zero attached hydrogens (tertiary/aromatic N) is 1. The van der Waals surface area contributed by atoms with Gasteiger partial charge in [0.2, 0.25) is 11.8 Å². The van der Waals surface area contributed by atoms with Crippen LogP contribution in [0.4, 0.5) is 0 Å². The quantitative estimate of drug-likeness (QED) is 0.821. The summed E-state index contributed by atoms with van der Waals surface area (Å²) in [5, 5.41) is 3.24. The predicted octanol–water partition coefficient (Wildman–Crippen LogP) is 0.500. The van der Waals surface area contributed by atoms with Crippen molar-refractivity contribution >= 4 is 11.8 Å². The first kappa shape index (κ1) is 14.5. The van der Waals surface area contributed by atoms with Gasteiger partial charge in [0, 0.05) is 12.5 Å². The fraction of sp³-hybridized carbons (Fsp3) is 0.467. The second-order valence-corrected chi connectivity index (χ2v) is 5.17. The van der Waals surface area contributed by atoms with Gasteiger partial charge in [0.25, 0.3) is 0 Å². The molecule has 1 aliphatic heterocycles. The van der Waals surface area contributed by atoms with Crippen LogP contribution in [0.1, 0.15) is 18.4 Å². The molecule has 1 saturated heterocycles. The first-order valence-corrected chi connectivity index (χ1v) is 6.98. The van der Waals surface area contributed by atoms with Crippen LogP contribution in [-0.2, 0) is 16.1 Å². The van der Waals surface area contributed by atoms with Crippen molar-refractivity contribution in [2.45, 2.75) is 19.4 Å². The van der Waals surface area contributed by atoms with E-state index < -0.39 is 5.91 Å². The van der Waals surface area contributed by atoms with E-state index in [2.05, 4.69) is 5.32 Å². The van der Waals surface area contributed by atoms with Gasteiger partial charge in [-0.25, -0.2) is 0 Å². The molecule has 20 heavy (non-hydrogen) atoms. The van der Waals surface area contributed by atoms with E-state index >= 15 is 0 Å². The number of hydrogen-bond donors (Lipinski definition) is 2. The van der Waals surface area contributed by atoms with Gasteiger partial charge in [-0.3, -0.25) is 9.59 Å². The Bertz CT molecular complexity index is 455. The molecule has 0 aromatic heterocycles. The Hall–Kier alpha value is -1.88. The molecule has 0 bridgehead atoms. The number of carbonyl (C=O) groups is 2. The van der Waals surface area contributed by atoms with E-state index in [1.807, 2.05) is 30.3 Å². The minimum atomic E-state index is -0.469. The van der Waals surface area contributed by atoms with Crippen LogP contribution < -0.4 is 11.1 Å². The van der Waals surface area contributed by atoms with Gasteiger partial charge in [-0.1, -0.05) is 30.3 Å². The topological polar surface area (TPSA) is 75.4 Å². The summed E-state index contributed by atoms with van der Waals surface area (Å²) in [7, 11) is 0. The van der Waals surface area contributed by atoms with E-state index in [4.69, 9.17) is 5.73 Å². The summed E-state index contributed by atoms with van der Waals surface area (Å²) in [4.78, 5) is 25.3. The first-order chi connectivity index (χ1) is 9.66. The fourth-order valence-electron chi connectivity index (χ4n) is 2.53. The molecule has 1 aromatic carbocycles. The minimum Gasteiger partial charge on any atom is -0.368 e. The van der Waals surface area contributed by atoms with Crippen LogP contribution in [0.3, 0.4) is 0 Å². The third-order valence-electron chi connectivity index (χ3n) is 3.56. The molecule has 1 fully saturated rings. The molecule has 108 valence electrons. The highest BCUT2D eigenvalue weighted by atomic mass is 16.2. The smallest absolute Gasteiger partial charge is 0.237 e. The Morgan fingerprint density at radius 2 is 1.85 bits per heavy atom. The molecule has 5 nitrogen and oxygen atoms in total. The molecule has 0 unspecified atom stereocenters.